The number of halogens is 1. The summed E-state index contributed by atoms with van der Waals surface area (Å²) in [6.45, 7) is 20.9. The Hall–Kier alpha value is 0.647. The molecule has 0 spiro atoms. The van der Waals surface area contributed by atoms with Gasteiger partial charge < -0.3 is 4.43 Å². The van der Waals surface area contributed by atoms with Gasteiger partial charge in [0.05, 0.1) is 6.10 Å². The molecule has 0 saturated heterocycles. The van der Waals surface area contributed by atoms with Gasteiger partial charge in [0.2, 0.25) is 0 Å². The lowest BCUT2D eigenvalue weighted by molar-refractivity contribution is 0.00218. The lowest BCUT2D eigenvalue weighted by Crippen LogP contribution is -2.51. The van der Waals surface area contributed by atoms with Crippen LogP contribution in [-0.2, 0) is 4.43 Å². The van der Waals surface area contributed by atoms with Crippen LogP contribution in [0.4, 0.5) is 0 Å². The fraction of sp³-hybridized carbons (Fsp3) is 0.882. The summed E-state index contributed by atoms with van der Waals surface area (Å²) in [6.07, 6.45) is 3.92. The van der Waals surface area contributed by atoms with E-state index in [0.717, 1.165) is 12.8 Å². The highest BCUT2D eigenvalue weighted by molar-refractivity contribution is 14.1. The van der Waals surface area contributed by atoms with E-state index >= 15 is 0 Å². The Bertz CT molecular complexity index is 354. The zero-order chi connectivity index (χ0) is 15.8. The van der Waals surface area contributed by atoms with E-state index < -0.39 is 8.32 Å². The van der Waals surface area contributed by atoms with Gasteiger partial charge in [0, 0.05) is 4.43 Å². The molecule has 0 unspecified atom stereocenters. The van der Waals surface area contributed by atoms with Crippen LogP contribution in [0.5, 0.6) is 0 Å². The summed E-state index contributed by atoms with van der Waals surface area (Å²) in [6, 6.07) is 0. The van der Waals surface area contributed by atoms with Gasteiger partial charge in [0.1, 0.15) is 0 Å². The minimum atomic E-state index is -1.69. The van der Waals surface area contributed by atoms with Gasteiger partial charge in [-0.2, -0.15) is 0 Å². The third-order valence-electron chi connectivity index (χ3n) is 5.59. The monoisotopic (exact) mass is 408 g/mol. The van der Waals surface area contributed by atoms with E-state index in [1.54, 1.807) is 0 Å². The number of alkyl halides is 1. The van der Waals surface area contributed by atoms with Crippen molar-refractivity contribution in [2.75, 3.05) is 4.43 Å². The molecule has 1 nitrogen and oxygen atoms in total. The Morgan fingerprint density at radius 3 is 2.35 bits per heavy atom. The Balaban J connectivity index is 2.93. The Labute approximate surface area is 141 Å². The zero-order valence-electron chi connectivity index (χ0n) is 14.5. The molecule has 0 aromatic heterocycles. The highest BCUT2D eigenvalue weighted by atomic mass is 127. The summed E-state index contributed by atoms with van der Waals surface area (Å²) in [7, 11) is -1.69. The van der Waals surface area contributed by atoms with Crippen LogP contribution < -0.4 is 0 Å². The third-order valence-corrected chi connectivity index (χ3v) is 10.7. The normalized spacial score (nSPS) is 27.7. The average Bonchev–Trinajstić information content (AvgIpc) is 2.27. The third kappa shape index (κ3) is 3.89. The molecule has 0 radical (unpaired) electrons. The van der Waals surface area contributed by atoms with Crippen LogP contribution in [0.1, 0.15) is 53.9 Å². The molecular weight excluding hydrogens is 375 g/mol. The first-order chi connectivity index (χ1) is 8.93. The lowest BCUT2D eigenvalue weighted by Gasteiger charge is -2.50. The second kappa shape index (κ2) is 6.41. The first-order valence-electron chi connectivity index (χ1n) is 7.85. The van der Waals surface area contributed by atoms with Crippen molar-refractivity contribution in [3.63, 3.8) is 0 Å². The van der Waals surface area contributed by atoms with Crippen molar-refractivity contribution in [2.45, 2.75) is 78.1 Å². The molecule has 1 aliphatic carbocycles. The molecule has 0 aliphatic heterocycles. The van der Waals surface area contributed by atoms with Crippen LogP contribution in [0, 0.1) is 11.3 Å². The van der Waals surface area contributed by atoms with Gasteiger partial charge in [-0.05, 0) is 48.7 Å². The molecule has 0 amide bonds. The molecule has 0 aromatic carbocycles. The maximum atomic E-state index is 6.78. The van der Waals surface area contributed by atoms with Crippen LogP contribution in [0.15, 0.2) is 12.2 Å². The molecule has 0 heterocycles. The predicted octanol–water partition coefficient (Wildman–Crippen LogP) is 6.19. The first kappa shape index (κ1) is 18.7. The van der Waals surface area contributed by atoms with E-state index in [4.69, 9.17) is 4.43 Å². The molecular formula is C17H33IOSi. The molecule has 1 aliphatic rings. The molecule has 0 aromatic rings. The van der Waals surface area contributed by atoms with Gasteiger partial charge in [-0.15, -0.1) is 0 Å². The van der Waals surface area contributed by atoms with E-state index in [1.807, 2.05) is 0 Å². The van der Waals surface area contributed by atoms with Gasteiger partial charge in [0.15, 0.2) is 8.32 Å². The molecule has 2 atom stereocenters. The first-order valence-corrected chi connectivity index (χ1v) is 12.3. The minimum Gasteiger partial charge on any atom is -0.413 e. The molecule has 1 rings (SSSR count). The molecule has 1 fully saturated rings. The van der Waals surface area contributed by atoms with E-state index in [1.165, 1.54) is 16.4 Å². The maximum Gasteiger partial charge on any atom is 0.192 e. The standard InChI is InChI=1S/C17H33IOSi/c1-13-9-10-15(17(5,6)14(13)11-12-18)19-20(7,8)16(2,3)4/h14-15H,1,9-12H2,2-8H3/t14-,15+/m1/s1. The average molecular weight is 408 g/mol. The molecule has 0 N–H and O–H groups in total. The van der Waals surface area contributed by atoms with Gasteiger partial charge in [-0.25, -0.2) is 0 Å². The fourth-order valence-corrected chi connectivity index (χ4v) is 5.15. The molecule has 1 saturated carbocycles. The number of hydrogen-bond acceptors (Lipinski definition) is 1. The van der Waals surface area contributed by atoms with E-state index in [9.17, 15) is 0 Å². The van der Waals surface area contributed by atoms with E-state index in [2.05, 4.69) is 76.9 Å². The summed E-state index contributed by atoms with van der Waals surface area (Å²) in [5.74, 6) is 0.614. The van der Waals surface area contributed by atoms with E-state index in [-0.39, 0.29) is 10.5 Å². The van der Waals surface area contributed by atoms with Crippen molar-refractivity contribution in [3.8, 4) is 0 Å². The summed E-state index contributed by atoms with van der Waals surface area (Å²) < 4.78 is 7.98. The second-order valence-corrected chi connectivity index (χ2v) is 14.3. The van der Waals surface area contributed by atoms with Crippen molar-refractivity contribution in [1.29, 1.82) is 0 Å². The Morgan fingerprint density at radius 2 is 1.90 bits per heavy atom. The molecule has 20 heavy (non-hydrogen) atoms. The topological polar surface area (TPSA) is 9.23 Å². The smallest absolute Gasteiger partial charge is 0.192 e. The van der Waals surface area contributed by atoms with Crippen molar-refractivity contribution < 1.29 is 4.43 Å². The van der Waals surface area contributed by atoms with Crippen LogP contribution in [-0.4, -0.2) is 18.8 Å². The predicted molar refractivity (Wildman–Crippen MR) is 101 cm³/mol. The van der Waals surface area contributed by atoms with Crippen molar-refractivity contribution >= 4 is 30.9 Å². The molecule has 0 bridgehead atoms. The van der Waals surface area contributed by atoms with Crippen molar-refractivity contribution in [3.05, 3.63) is 12.2 Å². The van der Waals surface area contributed by atoms with Gasteiger partial charge in [0.25, 0.3) is 0 Å². The highest BCUT2D eigenvalue weighted by Crippen LogP contribution is 2.49. The lowest BCUT2D eigenvalue weighted by atomic mass is 9.64. The van der Waals surface area contributed by atoms with Crippen LogP contribution in [0.2, 0.25) is 18.1 Å². The number of rotatable bonds is 4. The molecule has 3 heteroatoms. The number of hydrogen-bond donors (Lipinski definition) is 0. The summed E-state index contributed by atoms with van der Waals surface area (Å²) in [5.41, 5.74) is 1.66. The summed E-state index contributed by atoms with van der Waals surface area (Å²) >= 11 is 2.49. The van der Waals surface area contributed by atoms with Crippen LogP contribution in [0.25, 0.3) is 0 Å². The van der Waals surface area contributed by atoms with Crippen molar-refractivity contribution in [2.24, 2.45) is 11.3 Å². The molecule has 118 valence electrons. The Morgan fingerprint density at radius 1 is 1.35 bits per heavy atom. The number of allylic oxidation sites excluding steroid dienone is 1. The fourth-order valence-electron chi connectivity index (χ4n) is 3.04. The van der Waals surface area contributed by atoms with Crippen LogP contribution in [0.3, 0.4) is 0 Å². The van der Waals surface area contributed by atoms with Gasteiger partial charge in [-0.1, -0.05) is 69.4 Å². The Kier molecular flexibility index (Phi) is 5.99. The highest BCUT2D eigenvalue weighted by Gasteiger charge is 2.47. The van der Waals surface area contributed by atoms with Gasteiger partial charge >= 0.3 is 0 Å². The second-order valence-electron chi connectivity index (χ2n) is 8.42. The van der Waals surface area contributed by atoms with Crippen molar-refractivity contribution in [1.82, 2.24) is 0 Å². The zero-order valence-corrected chi connectivity index (χ0v) is 17.6. The largest absolute Gasteiger partial charge is 0.413 e. The maximum absolute atomic E-state index is 6.78. The van der Waals surface area contributed by atoms with Crippen LogP contribution >= 0.6 is 22.6 Å². The minimum absolute atomic E-state index is 0.218. The van der Waals surface area contributed by atoms with Gasteiger partial charge in [-0.3, -0.25) is 0 Å². The SMILES string of the molecule is C=C1CC[C@H](O[Si](C)(C)C(C)(C)C)C(C)(C)[C@@H]1CCI. The summed E-state index contributed by atoms with van der Waals surface area (Å²) in [4.78, 5) is 0. The van der Waals surface area contributed by atoms with E-state index in [0.29, 0.717) is 12.0 Å². The quantitative estimate of drug-likeness (QED) is 0.233. The summed E-state index contributed by atoms with van der Waals surface area (Å²) in [5, 5.41) is 0.288.